The molecule has 0 aliphatic carbocycles. The lowest BCUT2D eigenvalue weighted by Crippen LogP contribution is -2.33. The van der Waals surface area contributed by atoms with E-state index in [1.165, 1.54) is 11.5 Å². The van der Waals surface area contributed by atoms with Crippen LogP contribution < -0.4 is 4.90 Å². The van der Waals surface area contributed by atoms with Crippen LogP contribution in [-0.2, 0) is 13.1 Å². The van der Waals surface area contributed by atoms with Gasteiger partial charge in [-0.05, 0) is 18.5 Å². The van der Waals surface area contributed by atoms with Gasteiger partial charge in [0.05, 0.1) is 12.2 Å². The molecule has 0 unspecified atom stereocenters. The summed E-state index contributed by atoms with van der Waals surface area (Å²) in [7, 11) is 0. The van der Waals surface area contributed by atoms with Crippen molar-refractivity contribution in [2.75, 3.05) is 11.4 Å². The Morgan fingerprint density at radius 3 is 3.18 bits per heavy atom. The lowest BCUT2D eigenvalue weighted by atomic mass is 10.2. The monoisotopic (exact) mass is 246 g/mol. The fraction of sp³-hybridized carbons (Fsp3) is 0.400. The minimum absolute atomic E-state index is 0.683. The van der Waals surface area contributed by atoms with E-state index >= 15 is 0 Å². The average molecular weight is 246 g/mol. The largest absolute Gasteiger partial charge is 0.352 e. The topological polar surface area (TPSA) is 70.6 Å². The van der Waals surface area contributed by atoms with Crippen molar-refractivity contribution in [3.05, 3.63) is 23.4 Å². The molecule has 6 nitrogen and oxygen atoms in total. The maximum Gasteiger partial charge on any atom is 0.152 e. The normalized spacial score (nSPS) is 14.5. The molecule has 0 atom stereocenters. The highest BCUT2D eigenvalue weighted by Gasteiger charge is 2.22. The van der Waals surface area contributed by atoms with Crippen LogP contribution in [0.1, 0.15) is 17.1 Å². The lowest BCUT2D eigenvalue weighted by Gasteiger charge is -2.27. The van der Waals surface area contributed by atoms with Gasteiger partial charge in [0, 0.05) is 13.1 Å². The van der Waals surface area contributed by atoms with Gasteiger partial charge < -0.3 is 9.47 Å². The molecule has 3 heterocycles. The Bertz CT molecular complexity index is 592. The highest BCUT2D eigenvalue weighted by atomic mass is 32.1. The molecule has 17 heavy (non-hydrogen) atoms. The highest BCUT2D eigenvalue weighted by Crippen LogP contribution is 2.30. The number of hydrogen-bond donors (Lipinski definition) is 0. The molecular formula is C10H10N6S. The third-order valence-electron chi connectivity index (χ3n) is 2.88. The van der Waals surface area contributed by atoms with Crippen molar-refractivity contribution >= 4 is 16.5 Å². The molecule has 0 aromatic carbocycles. The Balaban J connectivity index is 1.95. The molecule has 0 bridgehead atoms. The van der Waals surface area contributed by atoms with E-state index in [0.717, 1.165) is 29.6 Å². The molecular weight excluding hydrogens is 236 g/mol. The number of aromatic nitrogens is 4. The van der Waals surface area contributed by atoms with Crippen LogP contribution in [0.2, 0.25) is 0 Å². The van der Waals surface area contributed by atoms with E-state index in [-0.39, 0.29) is 0 Å². The lowest BCUT2D eigenvalue weighted by molar-refractivity contribution is 0.562. The number of nitriles is 1. The fourth-order valence-electron chi connectivity index (χ4n) is 1.94. The number of nitrogens with zero attached hydrogens (tertiary/aromatic N) is 6. The zero-order valence-corrected chi connectivity index (χ0v) is 10.1. The first-order valence-electron chi connectivity index (χ1n) is 5.27. The first-order chi connectivity index (χ1) is 8.29. The third-order valence-corrected chi connectivity index (χ3v) is 3.88. The van der Waals surface area contributed by atoms with Crippen molar-refractivity contribution in [1.29, 1.82) is 5.26 Å². The fourth-order valence-corrected chi connectivity index (χ4v) is 2.81. The summed E-state index contributed by atoms with van der Waals surface area (Å²) in [5.41, 5.74) is 1.49. The number of aryl methyl sites for hydroxylation is 1. The van der Waals surface area contributed by atoms with Gasteiger partial charge in [-0.25, -0.2) is 0 Å². The predicted octanol–water partition coefficient (Wildman–Crippen LogP) is 0.935. The van der Waals surface area contributed by atoms with Gasteiger partial charge in [-0.2, -0.15) is 9.64 Å². The number of hydrogen-bond acceptors (Lipinski definition) is 6. The summed E-state index contributed by atoms with van der Waals surface area (Å²) in [4.78, 5) is 2.15. The molecule has 2 aromatic rings. The quantitative estimate of drug-likeness (QED) is 0.748. The van der Waals surface area contributed by atoms with Crippen LogP contribution in [0, 0.1) is 18.3 Å². The van der Waals surface area contributed by atoms with Crippen LogP contribution in [-0.4, -0.2) is 25.7 Å². The molecule has 3 rings (SSSR count). The van der Waals surface area contributed by atoms with Gasteiger partial charge in [-0.3, -0.25) is 0 Å². The summed E-state index contributed by atoms with van der Waals surface area (Å²) in [5.74, 6) is 0.936. The molecule has 0 fully saturated rings. The van der Waals surface area contributed by atoms with E-state index in [9.17, 15) is 0 Å². The van der Waals surface area contributed by atoms with Gasteiger partial charge in [-0.15, -0.1) is 10.2 Å². The summed E-state index contributed by atoms with van der Waals surface area (Å²) in [6, 6.07) is 2.22. The van der Waals surface area contributed by atoms with Gasteiger partial charge in [0.25, 0.3) is 0 Å². The first kappa shape index (κ1) is 10.2. The Hall–Kier alpha value is -1.94. The minimum Gasteiger partial charge on any atom is -0.352 e. The highest BCUT2D eigenvalue weighted by molar-refractivity contribution is 7.10. The maximum atomic E-state index is 9.13. The molecule has 1 aliphatic heterocycles. The molecule has 0 saturated heterocycles. The maximum absolute atomic E-state index is 9.13. The third kappa shape index (κ3) is 1.57. The summed E-state index contributed by atoms with van der Waals surface area (Å²) >= 11 is 1.38. The van der Waals surface area contributed by atoms with Crippen molar-refractivity contribution in [1.82, 2.24) is 19.1 Å². The smallest absolute Gasteiger partial charge is 0.152 e. The van der Waals surface area contributed by atoms with Crippen molar-refractivity contribution in [3.8, 4) is 6.07 Å². The predicted molar refractivity (Wildman–Crippen MR) is 62.6 cm³/mol. The Kier molecular flexibility index (Phi) is 2.30. The van der Waals surface area contributed by atoms with Crippen LogP contribution in [0.15, 0.2) is 6.33 Å². The second-order valence-corrected chi connectivity index (χ2v) is 4.67. The zero-order valence-electron chi connectivity index (χ0n) is 9.29. The molecule has 2 aromatic heterocycles. The van der Waals surface area contributed by atoms with Crippen molar-refractivity contribution in [3.63, 3.8) is 0 Å². The summed E-state index contributed by atoms with van der Waals surface area (Å²) < 4.78 is 6.28. The molecule has 1 aliphatic rings. The van der Waals surface area contributed by atoms with E-state index in [0.29, 0.717) is 12.1 Å². The summed E-state index contributed by atoms with van der Waals surface area (Å²) in [6.07, 6.45) is 1.75. The first-order valence-corrected chi connectivity index (χ1v) is 6.05. The SMILES string of the molecule is Cc1nsc(N2CCn3cnnc3C2)c1C#N. The van der Waals surface area contributed by atoms with E-state index in [1.54, 1.807) is 6.33 Å². The molecule has 0 saturated carbocycles. The van der Waals surface area contributed by atoms with Gasteiger partial charge in [-0.1, -0.05) is 0 Å². The van der Waals surface area contributed by atoms with Gasteiger partial charge in [0.15, 0.2) is 5.82 Å². The Labute approximate surface area is 102 Å². The second kappa shape index (κ2) is 3.82. The molecule has 0 amide bonds. The van der Waals surface area contributed by atoms with Crippen LogP contribution in [0.5, 0.6) is 0 Å². The van der Waals surface area contributed by atoms with Crippen molar-refractivity contribution in [2.45, 2.75) is 20.0 Å². The number of fused-ring (bicyclic) bond motifs is 1. The average Bonchev–Trinajstić information content (AvgIpc) is 2.93. The molecule has 86 valence electrons. The standard InChI is InChI=1S/C10H10N6S/c1-7-8(4-11)10(17-14-7)15-2-3-16-6-12-13-9(16)5-15/h6H,2-3,5H2,1H3. The summed E-state index contributed by atoms with van der Waals surface area (Å²) in [6.45, 7) is 4.27. The van der Waals surface area contributed by atoms with E-state index in [1.807, 2.05) is 11.5 Å². The molecule has 0 spiro atoms. The number of rotatable bonds is 1. The minimum atomic E-state index is 0.683. The second-order valence-electron chi connectivity index (χ2n) is 3.92. The van der Waals surface area contributed by atoms with Crippen LogP contribution in [0.4, 0.5) is 5.00 Å². The summed E-state index contributed by atoms with van der Waals surface area (Å²) in [5, 5.41) is 18.0. The molecule has 0 N–H and O–H groups in total. The van der Waals surface area contributed by atoms with Gasteiger partial charge >= 0.3 is 0 Å². The van der Waals surface area contributed by atoms with Crippen LogP contribution >= 0.6 is 11.5 Å². The zero-order chi connectivity index (χ0) is 11.8. The van der Waals surface area contributed by atoms with E-state index in [2.05, 4.69) is 25.5 Å². The number of anilines is 1. The van der Waals surface area contributed by atoms with Crippen molar-refractivity contribution in [2.24, 2.45) is 0 Å². The Morgan fingerprint density at radius 1 is 1.47 bits per heavy atom. The van der Waals surface area contributed by atoms with Crippen LogP contribution in [0.3, 0.4) is 0 Å². The van der Waals surface area contributed by atoms with Crippen molar-refractivity contribution < 1.29 is 0 Å². The van der Waals surface area contributed by atoms with E-state index < -0.39 is 0 Å². The van der Waals surface area contributed by atoms with Crippen LogP contribution in [0.25, 0.3) is 0 Å². The Morgan fingerprint density at radius 2 is 2.35 bits per heavy atom. The van der Waals surface area contributed by atoms with Gasteiger partial charge in [0.1, 0.15) is 23.0 Å². The molecule has 0 radical (unpaired) electrons. The van der Waals surface area contributed by atoms with Gasteiger partial charge in [0.2, 0.25) is 0 Å². The molecule has 7 heteroatoms. The van der Waals surface area contributed by atoms with E-state index in [4.69, 9.17) is 5.26 Å².